The summed E-state index contributed by atoms with van der Waals surface area (Å²) in [4.78, 5) is 4.46. The topological polar surface area (TPSA) is 73.1 Å². The van der Waals surface area contributed by atoms with E-state index in [4.69, 9.17) is 5.14 Å². The molecule has 0 aliphatic heterocycles. The van der Waals surface area contributed by atoms with Crippen molar-refractivity contribution in [1.82, 2.24) is 4.98 Å². The van der Waals surface area contributed by atoms with Gasteiger partial charge in [-0.05, 0) is 48.3 Å². The predicted molar refractivity (Wildman–Crippen MR) is 87.4 cm³/mol. The number of aromatic nitrogens is 1. The van der Waals surface area contributed by atoms with Gasteiger partial charge in [-0.3, -0.25) is 4.98 Å². The monoisotopic (exact) mass is 312 g/mol. The Kier molecular flexibility index (Phi) is 3.68. The van der Waals surface area contributed by atoms with Crippen LogP contribution < -0.4 is 5.14 Å². The molecule has 0 atom stereocenters. The van der Waals surface area contributed by atoms with Crippen LogP contribution in [0.4, 0.5) is 0 Å². The van der Waals surface area contributed by atoms with Crippen molar-refractivity contribution in [3.8, 4) is 0 Å². The Morgan fingerprint density at radius 2 is 1.55 bits per heavy atom. The van der Waals surface area contributed by atoms with E-state index in [0.29, 0.717) is 0 Å². The molecule has 0 fully saturated rings. The second-order valence-corrected chi connectivity index (χ2v) is 6.79. The zero-order valence-electron chi connectivity index (χ0n) is 12.2. The van der Waals surface area contributed by atoms with E-state index in [9.17, 15) is 8.42 Å². The Labute approximate surface area is 130 Å². The lowest BCUT2D eigenvalue weighted by Gasteiger charge is -2.10. The number of nitrogens with two attached hydrogens (primary N) is 1. The average molecular weight is 312 g/mol. The van der Waals surface area contributed by atoms with Gasteiger partial charge in [0.2, 0.25) is 10.0 Å². The van der Waals surface area contributed by atoms with E-state index >= 15 is 0 Å². The predicted octanol–water partition coefficient (Wildman–Crippen LogP) is 2.91. The highest BCUT2D eigenvalue weighted by Crippen LogP contribution is 2.36. The highest BCUT2D eigenvalue weighted by atomic mass is 32.2. The van der Waals surface area contributed by atoms with Crippen molar-refractivity contribution < 1.29 is 8.42 Å². The molecule has 0 spiro atoms. The van der Waals surface area contributed by atoms with Gasteiger partial charge < -0.3 is 0 Å². The molecule has 2 aromatic rings. The number of rotatable bonds is 3. The van der Waals surface area contributed by atoms with Crippen LogP contribution >= 0.6 is 0 Å². The largest absolute Gasteiger partial charge is 0.261 e. The van der Waals surface area contributed by atoms with Gasteiger partial charge in [0.1, 0.15) is 0 Å². The molecular weight excluding hydrogens is 296 g/mol. The number of benzene rings is 1. The van der Waals surface area contributed by atoms with Gasteiger partial charge in [0.15, 0.2) is 0 Å². The molecule has 112 valence electrons. The second-order valence-electron chi connectivity index (χ2n) is 5.23. The molecule has 1 aromatic heterocycles. The molecule has 3 rings (SSSR count). The van der Waals surface area contributed by atoms with E-state index in [1.807, 2.05) is 25.3 Å². The summed E-state index contributed by atoms with van der Waals surface area (Å²) in [6.07, 6.45) is 6.99. The maximum Gasteiger partial charge on any atom is 0.238 e. The van der Waals surface area contributed by atoms with Crippen LogP contribution in [-0.4, -0.2) is 13.4 Å². The third-order valence-corrected chi connectivity index (χ3v) is 4.58. The smallest absolute Gasteiger partial charge is 0.238 e. The van der Waals surface area contributed by atoms with Crippen LogP contribution in [0.1, 0.15) is 23.2 Å². The Hall–Kier alpha value is -2.24. The number of sulfonamides is 1. The average Bonchev–Trinajstić information content (AvgIpc) is 2.97. The van der Waals surface area contributed by atoms with Crippen LogP contribution in [0.5, 0.6) is 0 Å². The van der Waals surface area contributed by atoms with E-state index in [0.717, 1.165) is 34.4 Å². The van der Waals surface area contributed by atoms with Crippen molar-refractivity contribution in [3.05, 3.63) is 71.6 Å². The number of hydrogen-bond donors (Lipinski definition) is 1. The molecule has 22 heavy (non-hydrogen) atoms. The summed E-state index contributed by atoms with van der Waals surface area (Å²) in [7, 11) is -3.66. The molecule has 1 aliphatic carbocycles. The zero-order chi connectivity index (χ0) is 15.7. The van der Waals surface area contributed by atoms with Crippen LogP contribution in [0.2, 0.25) is 0 Å². The molecule has 1 heterocycles. The first-order chi connectivity index (χ1) is 10.4. The van der Waals surface area contributed by atoms with Crippen molar-refractivity contribution in [2.24, 2.45) is 5.14 Å². The van der Waals surface area contributed by atoms with E-state index in [2.05, 4.69) is 17.1 Å². The van der Waals surface area contributed by atoms with Crippen LogP contribution in [-0.2, 0) is 10.0 Å². The summed E-state index contributed by atoms with van der Waals surface area (Å²) in [5, 5.41) is 5.13. The molecular formula is C17H16N2O2S. The third-order valence-electron chi connectivity index (χ3n) is 3.65. The van der Waals surface area contributed by atoms with Gasteiger partial charge in [-0.25, -0.2) is 13.6 Å². The summed E-state index contributed by atoms with van der Waals surface area (Å²) in [6.45, 7) is 1.95. The molecule has 0 amide bonds. The summed E-state index contributed by atoms with van der Waals surface area (Å²) >= 11 is 0. The minimum absolute atomic E-state index is 0.123. The first kappa shape index (κ1) is 14.7. The van der Waals surface area contributed by atoms with Crippen LogP contribution in [0.25, 0.3) is 11.1 Å². The molecule has 0 bridgehead atoms. The number of pyridine rings is 1. The highest BCUT2D eigenvalue weighted by molar-refractivity contribution is 7.89. The van der Waals surface area contributed by atoms with Crippen molar-refractivity contribution >= 4 is 21.2 Å². The number of aryl methyl sites for hydroxylation is 1. The summed E-state index contributed by atoms with van der Waals surface area (Å²) in [5.74, 6) is 0. The molecule has 5 heteroatoms. The van der Waals surface area contributed by atoms with E-state index in [-0.39, 0.29) is 4.90 Å². The highest BCUT2D eigenvalue weighted by Gasteiger charge is 2.15. The van der Waals surface area contributed by atoms with Gasteiger partial charge >= 0.3 is 0 Å². The molecule has 0 saturated carbocycles. The SMILES string of the molecule is Cc1ccc(C2=CCC=C2c2ccc(S(N)(=O)=O)cc2)cn1. The molecule has 1 aromatic carbocycles. The normalized spacial score (nSPS) is 14.6. The molecule has 0 saturated heterocycles. The Morgan fingerprint density at radius 3 is 2.09 bits per heavy atom. The Balaban J connectivity index is 1.95. The van der Waals surface area contributed by atoms with Gasteiger partial charge in [-0.15, -0.1) is 0 Å². The lowest BCUT2D eigenvalue weighted by molar-refractivity contribution is 0.598. The molecule has 4 nitrogen and oxygen atoms in total. The fraction of sp³-hybridized carbons (Fsp3) is 0.118. The fourth-order valence-corrected chi connectivity index (χ4v) is 3.03. The Bertz CT molecular complexity index is 862. The van der Waals surface area contributed by atoms with Crippen molar-refractivity contribution in [3.63, 3.8) is 0 Å². The first-order valence-electron chi connectivity index (χ1n) is 6.92. The number of hydrogen-bond acceptors (Lipinski definition) is 3. The maximum absolute atomic E-state index is 11.3. The van der Waals surface area contributed by atoms with Gasteiger partial charge in [0, 0.05) is 17.5 Å². The summed E-state index contributed by atoms with van der Waals surface area (Å²) < 4.78 is 22.7. The lowest BCUT2D eigenvalue weighted by Crippen LogP contribution is -2.11. The van der Waals surface area contributed by atoms with Crippen LogP contribution in [0, 0.1) is 6.92 Å². The number of allylic oxidation sites excluding steroid dienone is 4. The van der Waals surface area contributed by atoms with Gasteiger partial charge in [-0.2, -0.15) is 0 Å². The standard InChI is InChI=1S/C17H16N2O2S/c1-12-5-6-14(11-19-12)17-4-2-3-16(17)13-7-9-15(10-8-13)22(18,20)21/h3-11H,2H2,1H3,(H2,18,20,21). The van der Waals surface area contributed by atoms with Crippen molar-refractivity contribution in [2.45, 2.75) is 18.2 Å². The van der Waals surface area contributed by atoms with Gasteiger partial charge in [0.05, 0.1) is 4.90 Å². The first-order valence-corrected chi connectivity index (χ1v) is 8.47. The van der Waals surface area contributed by atoms with Gasteiger partial charge in [-0.1, -0.05) is 30.4 Å². The minimum atomic E-state index is -3.66. The van der Waals surface area contributed by atoms with E-state index in [1.165, 1.54) is 12.1 Å². The Morgan fingerprint density at radius 1 is 0.955 bits per heavy atom. The molecule has 0 unspecified atom stereocenters. The minimum Gasteiger partial charge on any atom is -0.261 e. The van der Waals surface area contributed by atoms with Crippen molar-refractivity contribution in [1.29, 1.82) is 0 Å². The quantitative estimate of drug-likeness (QED) is 0.947. The number of nitrogens with zero attached hydrogens (tertiary/aromatic N) is 1. The zero-order valence-corrected chi connectivity index (χ0v) is 13.0. The summed E-state index contributed by atoms with van der Waals surface area (Å²) in [6, 6.07) is 10.7. The van der Waals surface area contributed by atoms with Gasteiger partial charge in [0.25, 0.3) is 0 Å². The fourth-order valence-electron chi connectivity index (χ4n) is 2.51. The van der Waals surface area contributed by atoms with Crippen LogP contribution in [0.3, 0.4) is 0 Å². The lowest BCUT2D eigenvalue weighted by atomic mass is 9.96. The van der Waals surface area contributed by atoms with Crippen molar-refractivity contribution in [2.75, 3.05) is 0 Å². The van der Waals surface area contributed by atoms with E-state index < -0.39 is 10.0 Å². The second kappa shape index (κ2) is 5.51. The molecule has 2 N–H and O–H groups in total. The maximum atomic E-state index is 11.3. The third kappa shape index (κ3) is 2.86. The number of primary sulfonamides is 1. The van der Waals surface area contributed by atoms with Crippen LogP contribution in [0.15, 0.2) is 59.6 Å². The van der Waals surface area contributed by atoms with E-state index in [1.54, 1.807) is 12.1 Å². The molecule has 1 aliphatic rings. The summed E-state index contributed by atoms with van der Waals surface area (Å²) in [5.41, 5.74) is 5.22. The molecule has 0 radical (unpaired) electrons.